The van der Waals surface area contributed by atoms with E-state index in [1.165, 1.54) is 4.90 Å². The number of hydrogen-bond acceptors (Lipinski definition) is 3. The van der Waals surface area contributed by atoms with Crippen LogP contribution >= 0.6 is 0 Å². The van der Waals surface area contributed by atoms with Gasteiger partial charge in [-0.25, -0.2) is 4.79 Å². The Labute approximate surface area is 120 Å². The summed E-state index contributed by atoms with van der Waals surface area (Å²) in [7, 11) is 4.14. The first-order valence-electron chi connectivity index (χ1n) is 7.39. The highest BCUT2D eigenvalue weighted by Gasteiger charge is 2.37. The van der Waals surface area contributed by atoms with Crippen LogP contribution in [0.5, 0.6) is 0 Å². The lowest BCUT2D eigenvalue weighted by Gasteiger charge is -2.36. The minimum absolute atomic E-state index is 0.0850. The van der Waals surface area contributed by atoms with Crippen LogP contribution in [0.25, 0.3) is 0 Å². The lowest BCUT2D eigenvalue weighted by Crippen LogP contribution is -2.49. The third kappa shape index (κ3) is 4.10. The molecular formula is C14H25N3O3. The van der Waals surface area contributed by atoms with E-state index in [0.29, 0.717) is 5.92 Å². The van der Waals surface area contributed by atoms with Crippen molar-refractivity contribution in [3.05, 3.63) is 0 Å². The molecule has 0 atom stereocenters. The number of carbonyl (C=O) groups is 2. The molecule has 1 aliphatic heterocycles. The highest BCUT2D eigenvalue weighted by atomic mass is 16.4. The molecule has 1 saturated carbocycles. The van der Waals surface area contributed by atoms with Gasteiger partial charge in [-0.3, -0.25) is 4.79 Å². The first-order valence-corrected chi connectivity index (χ1v) is 7.39. The Morgan fingerprint density at radius 1 is 1.15 bits per heavy atom. The van der Waals surface area contributed by atoms with Crippen LogP contribution in [0.15, 0.2) is 0 Å². The minimum atomic E-state index is -0.923. The van der Waals surface area contributed by atoms with E-state index in [1.807, 2.05) is 4.90 Å². The smallest absolute Gasteiger partial charge is 0.323 e. The predicted molar refractivity (Wildman–Crippen MR) is 75.6 cm³/mol. The summed E-state index contributed by atoms with van der Waals surface area (Å²) in [6.07, 6.45) is 3.90. The van der Waals surface area contributed by atoms with E-state index in [9.17, 15) is 9.59 Å². The number of carboxylic acids is 1. The molecule has 0 aromatic rings. The Morgan fingerprint density at radius 3 is 2.20 bits per heavy atom. The summed E-state index contributed by atoms with van der Waals surface area (Å²) < 4.78 is 0. The van der Waals surface area contributed by atoms with Gasteiger partial charge in [-0.15, -0.1) is 0 Å². The van der Waals surface area contributed by atoms with Crippen molar-refractivity contribution in [2.24, 2.45) is 5.92 Å². The van der Waals surface area contributed by atoms with Crippen molar-refractivity contribution in [3.8, 4) is 0 Å². The van der Waals surface area contributed by atoms with Crippen LogP contribution in [0.4, 0.5) is 4.79 Å². The molecular weight excluding hydrogens is 258 g/mol. The molecule has 6 nitrogen and oxygen atoms in total. The zero-order chi connectivity index (χ0) is 14.7. The molecule has 2 fully saturated rings. The lowest BCUT2D eigenvalue weighted by molar-refractivity contribution is -0.137. The average molecular weight is 283 g/mol. The SMILES string of the molecule is CN(C)CC1CCN(C(=O)N(CC(=O)O)C2CC2)CC1. The number of urea groups is 1. The standard InChI is InChI=1S/C14H25N3O3/c1-15(2)9-11-5-7-16(8-6-11)14(20)17(10-13(18)19)12-3-4-12/h11-12H,3-10H2,1-2H3,(H,18,19). The Bertz CT molecular complexity index is 361. The topological polar surface area (TPSA) is 64.1 Å². The Hall–Kier alpha value is -1.30. The quantitative estimate of drug-likeness (QED) is 0.815. The van der Waals surface area contributed by atoms with Crippen molar-refractivity contribution in [2.75, 3.05) is 40.3 Å². The van der Waals surface area contributed by atoms with Gasteiger partial charge in [0.15, 0.2) is 0 Å². The first-order chi connectivity index (χ1) is 9.47. The van der Waals surface area contributed by atoms with Crippen molar-refractivity contribution < 1.29 is 14.7 Å². The second-order valence-electron chi connectivity index (χ2n) is 6.23. The molecule has 1 aliphatic carbocycles. The molecule has 20 heavy (non-hydrogen) atoms. The summed E-state index contributed by atoms with van der Waals surface area (Å²) in [6, 6.07) is 0.0660. The van der Waals surface area contributed by atoms with Gasteiger partial charge >= 0.3 is 12.0 Å². The van der Waals surface area contributed by atoms with Crippen molar-refractivity contribution in [3.63, 3.8) is 0 Å². The van der Waals surface area contributed by atoms with Gasteiger partial charge in [-0.2, -0.15) is 0 Å². The summed E-state index contributed by atoms with van der Waals surface area (Å²) in [4.78, 5) is 28.9. The van der Waals surface area contributed by atoms with Gasteiger partial charge < -0.3 is 19.8 Å². The lowest BCUT2D eigenvalue weighted by atomic mass is 9.96. The van der Waals surface area contributed by atoms with Gasteiger partial charge in [0.05, 0.1) is 0 Å². The molecule has 0 bridgehead atoms. The van der Waals surface area contributed by atoms with E-state index in [2.05, 4.69) is 19.0 Å². The molecule has 0 radical (unpaired) electrons. The fourth-order valence-electron chi connectivity index (χ4n) is 2.89. The van der Waals surface area contributed by atoms with E-state index in [0.717, 1.165) is 45.3 Å². The average Bonchev–Trinajstić information content (AvgIpc) is 3.19. The fourth-order valence-corrected chi connectivity index (χ4v) is 2.89. The summed E-state index contributed by atoms with van der Waals surface area (Å²) in [5.74, 6) is -0.282. The third-order valence-corrected chi connectivity index (χ3v) is 4.05. The predicted octanol–water partition coefficient (Wildman–Crippen LogP) is 0.929. The number of carboxylic acid groups (broad SMARTS) is 1. The molecule has 0 spiro atoms. The highest BCUT2D eigenvalue weighted by Crippen LogP contribution is 2.28. The number of likely N-dealkylation sites (tertiary alicyclic amines) is 1. The highest BCUT2D eigenvalue weighted by molar-refractivity contribution is 5.80. The fraction of sp³-hybridized carbons (Fsp3) is 0.857. The summed E-state index contributed by atoms with van der Waals surface area (Å²) >= 11 is 0. The molecule has 1 N–H and O–H groups in total. The van der Waals surface area contributed by atoms with Crippen molar-refractivity contribution in [2.45, 2.75) is 31.7 Å². The van der Waals surface area contributed by atoms with E-state index < -0.39 is 5.97 Å². The number of nitrogens with zero attached hydrogens (tertiary/aromatic N) is 3. The maximum atomic E-state index is 12.4. The van der Waals surface area contributed by atoms with E-state index >= 15 is 0 Å². The van der Waals surface area contributed by atoms with Gasteiger partial charge in [0, 0.05) is 25.7 Å². The molecule has 2 aliphatic rings. The van der Waals surface area contributed by atoms with Crippen LogP contribution in [-0.2, 0) is 4.79 Å². The van der Waals surface area contributed by atoms with Crippen molar-refractivity contribution in [1.29, 1.82) is 0 Å². The second kappa shape index (κ2) is 6.43. The number of amides is 2. The molecule has 0 aromatic heterocycles. The van der Waals surface area contributed by atoms with Crippen molar-refractivity contribution in [1.82, 2.24) is 14.7 Å². The first kappa shape index (κ1) is 15.1. The molecule has 0 aromatic carbocycles. The Balaban J connectivity index is 1.85. The second-order valence-corrected chi connectivity index (χ2v) is 6.23. The number of aliphatic carboxylic acids is 1. The van der Waals surface area contributed by atoms with Gasteiger partial charge in [0.2, 0.25) is 0 Å². The maximum absolute atomic E-state index is 12.4. The molecule has 1 heterocycles. The molecule has 114 valence electrons. The van der Waals surface area contributed by atoms with Gasteiger partial charge in [-0.1, -0.05) is 0 Å². The van der Waals surface area contributed by atoms with Crippen LogP contribution in [-0.4, -0.2) is 78.1 Å². The van der Waals surface area contributed by atoms with Crippen LogP contribution in [0, 0.1) is 5.92 Å². The van der Waals surface area contributed by atoms with E-state index in [4.69, 9.17) is 5.11 Å². The van der Waals surface area contributed by atoms with E-state index in [-0.39, 0.29) is 18.6 Å². The number of hydrogen-bond donors (Lipinski definition) is 1. The Morgan fingerprint density at radius 2 is 1.75 bits per heavy atom. The summed E-state index contributed by atoms with van der Waals surface area (Å²) in [5, 5.41) is 8.93. The van der Waals surface area contributed by atoms with Gasteiger partial charge in [-0.05, 0) is 45.7 Å². The molecule has 1 saturated heterocycles. The molecule has 2 rings (SSSR count). The van der Waals surface area contributed by atoms with Gasteiger partial charge in [0.1, 0.15) is 6.54 Å². The van der Waals surface area contributed by atoms with Crippen molar-refractivity contribution >= 4 is 12.0 Å². The summed E-state index contributed by atoms with van der Waals surface area (Å²) in [5.41, 5.74) is 0. The number of rotatable bonds is 5. The maximum Gasteiger partial charge on any atom is 0.323 e. The minimum Gasteiger partial charge on any atom is -0.480 e. The van der Waals surface area contributed by atoms with Crippen LogP contribution in [0.2, 0.25) is 0 Å². The monoisotopic (exact) mass is 283 g/mol. The Kier molecular flexibility index (Phi) is 4.86. The summed E-state index contributed by atoms with van der Waals surface area (Å²) in [6.45, 7) is 2.39. The zero-order valence-corrected chi connectivity index (χ0v) is 12.4. The number of piperidine rings is 1. The molecule has 6 heteroatoms. The van der Waals surface area contributed by atoms with E-state index in [1.54, 1.807) is 0 Å². The largest absolute Gasteiger partial charge is 0.480 e. The normalized spacial score (nSPS) is 20.2. The molecule has 0 unspecified atom stereocenters. The van der Waals surface area contributed by atoms with Crippen LogP contribution in [0.1, 0.15) is 25.7 Å². The number of carbonyl (C=O) groups excluding carboxylic acids is 1. The third-order valence-electron chi connectivity index (χ3n) is 4.05. The molecule has 2 amide bonds. The van der Waals surface area contributed by atoms with Crippen LogP contribution in [0.3, 0.4) is 0 Å². The van der Waals surface area contributed by atoms with Crippen LogP contribution < -0.4 is 0 Å². The zero-order valence-electron chi connectivity index (χ0n) is 12.4. The van der Waals surface area contributed by atoms with Gasteiger partial charge in [0.25, 0.3) is 0 Å².